The summed E-state index contributed by atoms with van der Waals surface area (Å²) in [5.74, 6) is -0.0950. The number of aryl methyl sites for hydroxylation is 2. The zero-order chi connectivity index (χ0) is 19.3. The van der Waals surface area contributed by atoms with Crippen LogP contribution in [0.4, 0.5) is 0 Å². The maximum Gasteiger partial charge on any atom is 0.333 e. The molecule has 0 aliphatic carbocycles. The molecule has 144 valence electrons. The van der Waals surface area contributed by atoms with Crippen LogP contribution in [0.3, 0.4) is 0 Å². The Bertz CT molecular complexity index is 1160. The van der Waals surface area contributed by atoms with Gasteiger partial charge in [0.25, 0.3) is 5.56 Å². The van der Waals surface area contributed by atoms with Crippen molar-refractivity contribution in [2.75, 3.05) is 13.7 Å². The summed E-state index contributed by atoms with van der Waals surface area (Å²) < 4.78 is 16.1. The molecule has 1 aliphatic rings. The van der Waals surface area contributed by atoms with Crippen LogP contribution in [0.5, 0.6) is 0 Å². The van der Waals surface area contributed by atoms with Crippen LogP contribution in [0.15, 0.2) is 15.8 Å². The van der Waals surface area contributed by atoms with Crippen molar-refractivity contribution in [3.63, 3.8) is 0 Å². The van der Waals surface area contributed by atoms with Gasteiger partial charge in [-0.2, -0.15) is 4.98 Å². The number of nitrogens with zero attached hydrogens (tertiary/aromatic N) is 5. The molecule has 1 atom stereocenters. The van der Waals surface area contributed by atoms with Gasteiger partial charge in [-0.25, -0.2) is 9.36 Å². The lowest BCUT2D eigenvalue weighted by Crippen LogP contribution is -2.41. The summed E-state index contributed by atoms with van der Waals surface area (Å²) in [6.07, 6.45) is 3.94. The number of fused-ring (bicyclic) bond motifs is 3. The molecule has 1 aliphatic heterocycles. The molecule has 0 saturated carbocycles. The van der Waals surface area contributed by atoms with Gasteiger partial charge in [0.15, 0.2) is 11.2 Å². The van der Waals surface area contributed by atoms with Gasteiger partial charge >= 0.3 is 11.7 Å². The molecule has 0 aromatic carbocycles. The van der Waals surface area contributed by atoms with E-state index in [1.54, 1.807) is 4.40 Å². The Kier molecular flexibility index (Phi) is 4.14. The smallest absolute Gasteiger partial charge is 0.333 e. The molecule has 0 N–H and O–H groups in total. The summed E-state index contributed by atoms with van der Waals surface area (Å²) >= 11 is 0. The molecule has 0 radical (unpaired) electrons. The number of hydrogen-bond acceptors (Lipinski definition) is 6. The second-order valence-corrected chi connectivity index (χ2v) is 6.78. The van der Waals surface area contributed by atoms with E-state index in [-0.39, 0.29) is 17.3 Å². The first kappa shape index (κ1) is 17.5. The molecule has 3 aromatic rings. The third-order valence-electron chi connectivity index (χ3n) is 5.07. The minimum absolute atomic E-state index is 0.111. The summed E-state index contributed by atoms with van der Waals surface area (Å²) in [5.41, 5.74) is 0.288. The van der Waals surface area contributed by atoms with Crippen LogP contribution in [-0.2, 0) is 34.4 Å². The Morgan fingerprint density at radius 3 is 2.81 bits per heavy atom. The topological polar surface area (TPSA) is 102 Å². The summed E-state index contributed by atoms with van der Waals surface area (Å²) in [6.45, 7) is 2.88. The standard InChI is InChI=1S/C17H21N5O5/c1-10-7-21-13-14(18-16(21)20(10)8-11-5-4-6-27-11)19(2)17(25)22(15(13)24)9-12(23)26-3/h7,11H,4-6,8-9H2,1-3H3/t11-/m1/s1. The van der Waals surface area contributed by atoms with Crippen LogP contribution in [0, 0.1) is 6.92 Å². The summed E-state index contributed by atoms with van der Waals surface area (Å²) in [6, 6.07) is 0. The normalized spacial score (nSPS) is 17.2. The fourth-order valence-corrected chi connectivity index (χ4v) is 3.61. The first-order valence-corrected chi connectivity index (χ1v) is 8.78. The minimum Gasteiger partial charge on any atom is -0.468 e. The van der Waals surface area contributed by atoms with E-state index in [9.17, 15) is 14.4 Å². The van der Waals surface area contributed by atoms with Crippen LogP contribution in [0.2, 0.25) is 0 Å². The highest BCUT2D eigenvalue weighted by Gasteiger charge is 2.23. The minimum atomic E-state index is -0.665. The summed E-state index contributed by atoms with van der Waals surface area (Å²) in [5, 5.41) is 0. The van der Waals surface area contributed by atoms with Crippen molar-refractivity contribution in [1.29, 1.82) is 0 Å². The van der Waals surface area contributed by atoms with Gasteiger partial charge in [-0.3, -0.25) is 18.6 Å². The average Bonchev–Trinajstić information content (AvgIpc) is 3.35. The zero-order valence-corrected chi connectivity index (χ0v) is 15.5. The number of aromatic nitrogens is 5. The highest BCUT2D eigenvalue weighted by molar-refractivity contribution is 5.76. The Labute approximate surface area is 153 Å². The number of carbonyl (C=O) groups is 1. The molecule has 1 saturated heterocycles. The molecule has 27 heavy (non-hydrogen) atoms. The molecular weight excluding hydrogens is 354 g/mol. The van der Waals surface area contributed by atoms with Crippen molar-refractivity contribution in [2.45, 2.75) is 39.0 Å². The zero-order valence-electron chi connectivity index (χ0n) is 15.5. The van der Waals surface area contributed by atoms with E-state index in [1.165, 1.54) is 18.7 Å². The van der Waals surface area contributed by atoms with Gasteiger partial charge in [0, 0.05) is 25.5 Å². The van der Waals surface area contributed by atoms with Crippen molar-refractivity contribution >= 4 is 22.9 Å². The average molecular weight is 375 g/mol. The van der Waals surface area contributed by atoms with Gasteiger partial charge in [-0.05, 0) is 19.8 Å². The lowest BCUT2D eigenvalue weighted by Gasteiger charge is -2.11. The number of imidazole rings is 2. The van der Waals surface area contributed by atoms with Gasteiger partial charge in [-0.1, -0.05) is 0 Å². The predicted octanol–water partition coefficient (Wildman–Crippen LogP) is -0.190. The van der Waals surface area contributed by atoms with Crippen LogP contribution in [0.25, 0.3) is 16.9 Å². The molecule has 10 nitrogen and oxygen atoms in total. The molecule has 4 heterocycles. The fourth-order valence-electron chi connectivity index (χ4n) is 3.61. The van der Waals surface area contributed by atoms with Gasteiger partial charge in [0.05, 0.1) is 19.8 Å². The van der Waals surface area contributed by atoms with E-state index >= 15 is 0 Å². The Morgan fingerprint density at radius 1 is 1.37 bits per heavy atom. The lowest BCUT2D eigenvalue weighted by atomic mass is 10.2. The maximum absolute atomic E-state index is 12.9. The molecule has 1 fully saturated rings. The van der Waals surface area contributed by atoms with E-state index < -0.39 is 23.8 Å². The molecular formula is C17H21N5O5. The Morgan fingerprint density at radius 2 is 2.15 bits per heavy atom. The van der Waals surface area contributed by atoms with E-state index in [4.69, 9.17) is 4.74 Å². The van der Waals surface area contributed by atoms with Crippen LogP contribution >= 0.6 is 0 Å². The molecule has 3 aromatic heterocycles. The molecule has 10 heteroatoms. The number of rotatable bonds is 4. The second kappa shape index (κ2) is 6.38. The third kappa shape index (κ3) is 2.67. The summed E-state index contributed by atoms with van der Waals surface area (Å²) in [4.78, 5) is 41.6. The number of methoxy groups -OCH3 is 1. The largest absolute Gasteiger partial charge is 0.468 e. The van der Waals surface area contributed by atoms with Crippen molar-refractivity contribution < 1.29 is 14.3 Å². The number of esters is 1. The Balaban J connectivity index is 1.94. The maximum atomic E-state index is 12.9. The first-order valence-electron chi connectivity index (χ1n) is 8.78. The fraction of sp³-hybridized carbons (Fsp3) is 0.529. The highest BCUT2D eigenvalue weighted by Crippen LogP contribution is 2.20. The molecule has 0 unspecified atom stereocenters. The molecule has 0 amide bonds. The highest BCUT2D eigenvalue weighted by atomic mass is 16.5. The van der Waals surface area contributed by atoms with Gasteiger partial charge in [-0.15, -0.1) is 0 Å². The van der Waals surface area contributed by atoms with Crippen LogP contribution in [0.1, 0.15) is 18.5 Å². The van der Waals surface area contributed by atoms with Gasteiger partial charge in [0.1, 0.15) is 6.54 Å². The molecule has 4 rings (SSSR count). The number of carbonyl (C=O) groups excluding carboxylic acids is 1. The van der Waals surface area contributed by atoms with Crippen molar-refractivity contribution in [3.8, 4) is 0 Å². The van der Waals surface area contributed by atoms with Crippen LogP contribution in [-0.4, -0.2) is 48.9 Å². The number of hydrogen-bond donors (Lipinski definition) is 0. The van der Waals surface area contributed by atoms with E-state index in [1.807, 2.05) is 17.7 Å². The van der Waals surface area contributed by atoms with Crippen molar-refractivity contribution in [3.05, 3.63) is 32.7 Å². The van der Waals surface area contributed by atoms with Gasteiger partial charge in [0.2, 0.25) is 5.78 Å². The van der Waals surface area contributed by atoms with Crippen molar-refractivity contribution in [2.24, 2.45) is 7.05 Å². The van der Waals surface area contributed by atoms with Crippen LogP contribution < -0.4 is 11.2 Å². The predicted molar refractivity (Wildman–Crippen MR) is 95.9 cm³/mol. The van der Waals surface area contributed by atoms with Crippen molar-refractivity contribution in [1.82, 2.24) is 23.1 Å². The van der Waals surface area contributed by atoms with Gasteiger partial charge < -0.3 is 14.0 Å². The Hall–Kier alpha value is -2.88. The first-order chi connectivity index (χ1) is 12.9. The van der Waals surface area contributed by atoms with E-state index in [2.05, 4.69) is 9.72 Å². The summed E-state index contributed by atoms with van der Waals surface area (Å²) in [7, 11) is 2.74. The SMILES string of the molecule is COC(=O)Cn1c(=O)c2c(nc3n(C[C@H]4CCCO4)c(C)cn23)n(C)c1=O. The van der Waals surface area contributed by atoms with E-state index in [0.717, 1.165) is 29.7 Å². The van der Waals surface area contributed by atoms with E-state index in [0.29, 0.717) is 12.3 Å². The molecule has 0 bridgehead atoms. The molecule has 0 spiro atoms. The number of ether oxygens (including phenoxy) is 2. The quantitative estimate of drug-likeness (QED) is 0.586. The lowest BCUT2D eigenvalue weighted by molar-refractivity contribution is -0.141. The third-order valence-corrected chi connectivity index (χ3v) is 5.07. The monoisotopic (exact) mass is 375 g/mol. The second-order valence-electron chi connectivity index (χ2n) is 6.78.